The molecule has 0 radical (unpaired) electrons. The quantitative estimate of drug-likeness (QED) is 0.340. The summed E-state index contributed by atoms with van der Waals surface area (Å²) in [6.45, 7) is 0.0798. The molecule has 112 valence electrons. The van der Waals surface area contributed by atoms with Crippen LogP contribution in [0.25, 0.3) is 0 Å². The van der Waals surface area contributed by atoms with E-state index in [1.54, 1.807) is 12.1 Å². The van der Waals surface area contributed by atoms with Crippen LogP contribution in [0, 0.1) is 0 Å². The van der Waals surface area contributed by atoms with Crippen molar-refractivity contribution in [2.75, 3.05) is 20.3 Å². The van der Waals surface area contributed by atoms with Crippen molar-refractivity contribution in [2.24, 2.45) is 0 Å². The Labute approximate surface area is 125 Å². The highest BCUT2D eigenvalue weighted by atomic mass is 16.5. The molecule has 7 nitrogen and oxygen atoms in total. The second kappa shape index (κ2) is 5.10. The molecule has 1 aromatic carbocycles. The van der Waals surface area contributed by atoms with Crippen LogP contribution in [0.3, 0.4) is 0 Å². The Morgan fingerprint density at radius 3 is 2.50 bits per heavy atom. The Hall–Kier alpha value is -2.96. The lowest BCUT2D eigenvalue weighted by atomic mass is 10.00. The number of hydrogen-bond donors (Lipinski definition) is 0. The maximum absolute atomic E-state index is 12.5. The fourth-order valence-electron chi connectivity index (χ4n) is 2.39. The van der Waals surface area contributed by atoms with Crippen LogP contribution in [0.1, 0.15) is 10.4 Å². The SMILES string of the molecule is COc1ccc(C(=O)C2=C3C(=O)OCCN3C(=O)C2=O)cc1. The number of cyclic esters (lactones) is 1. The number of benzene rings is 1. The molecule has 22 heavy (non-hydrogen) atoms. The minimum Gasteiger partial charge on any atom is -0.497 e. The Bertz CT molecular complexity index is 731. The first-order chi connectivity index (χ1) is 10.5. The average Bonchev–Trinajstić information content (AvgIpc) is 2.80. The molecule has 0 unspecified atom stereocenters. The molecule has 1 aromatic rings. The van der Waals surface area contributed by atoms with Gasteiger partial charge in [0.25, 0.3) is 11.7 Å². The highest BCUT2D eigenvalue weighted by molar-refractivity contribution is 6.54. The molecule has 0 N–H and O–H groups in total. The largest absolute Gasteiger partial charge is 0.497 e. The van der Waals surface area contributed by atoms with Crippen LogP contribution >= 0.6 is 0 Å². The first-order valence-corrected chi connectivity index (χ1v) is 6.51. The van der Waals surface area contributed by atoms with Crippen LogP contribution in [-0.2, 0) is 19.1 Å². The number of nitrogens with zero attached hydrogens (tertiary/aromatic N) is 1. The summed E-state index contributed by atoms with van der Waals surface area (Å²) in [5.41, 5.74) is -0.508. The van der Waals surface area contributed by atoms with Crippen molar-refractivity contribution >= 4 is 23.4 Å². The van der Waals surface area contributed by atoms with Gasteiger partial charge < -0.3 is 9.47 Å². The van der Waals surface area contributed by atoms with E-state index in [0.29, 0.717) is 5.75 Å². The highest BCUT2D eigenvalue weighted by Gasteiger charge is 2.47. The topological polar surface area (TPSA) is 90.0 Å². The van der Waals surface area contributed by atoms with E-state index in [-0.39, 0.29) is 24.4 Å². The number of carbonyl (C=O) groups is 4. The molecule has 1 fully saturated rings. The van der Waals surface area contributed by atoms with Crippen LogP contribution in [0.4, 0.5) is 0 Å². The standard InChI is InChI=1S/C15H11NO6/c1-21-9-4-2-8(3-5-9)12(17)10-11-15(20)22-7-6-16(11)14(19)13(10)18/h2-5H,6-7H2,1H3. The minimum atomic E-state index is -0.977. The lowest BCUT2D eigenvalue weighted by Crippen LogP contribution is -2.39. The van der Waals surface area contributed by atoms with E-state index in [1.165, 1.54) is 19.2 Å². The number of hydrogen-bond acceptors (Lipinski definition) is 6. The van der Waals surface area contributed by atoms with E-state index in [0.717, 1.165) is 4.90 Å². The van der Waals surface area contributed by atoms with Crippen LogP contribution < -0.4 is 4.74 Å². The molecule has 1 amide bonds. The number of carbonyl (C=O) groups excluding carboxylic acids is 4. The number of Topliss-reactive ketones (excluding diaryl/α,β-unsaturated/α-hetero) is 2. The summed E-state index contributed by atoms with van der Waals surface area (Å²) in [4.78, 5) is 49.3. The maximum atomic E-state index is 12.5. The summed E-state index contributed by atoms with van der Waals surface area (Å²) >= 11 is 0. The second-order valence-electron chi connectivity index (χ2n) is 4.70. The van der Waals surface area contributed by atoms with Gasteiger partial charge in [0, 0.05) is 5.56 Å². The number of ether oxygens (including phenoxy) is 2. The lowest BCUT2D eigenvalue weighted by molar-refractivity contribution is -0.150. The van der Waals surface area contributed by atoms with Gasteiger partial charge >= 0.3 is 5.97 Å². The number of esters is 1. The monoisotopic (exact) mass is 301 g/mol. The molecule has 3 rings (SSSR count). The molecule has 1 saturated heterocycles. The fraction of sp³-hybridized carbons (Fsp3) is 0.200. The smallest absolute Gasteiger partial charge is 0.356 e. The molecule has 0 saturated carbocycles. The summed E-state index contributed by atoms with van der Waals surface area (Å²) < 4.78 is 9.81. The highest BCUT2D eigenvalue weighted by Crippen LogP contribution is 2.28. The Balaban J connectivity index is 2.05. The van der Waals surface area contributed by atoms with Crippen molar-refractivity contribution in [2.45, 2.75) is 0 Å². The number of amides is 1. The molecule has 0 atom stereocenters. The van der Waals surface area contributed by atoms with Gasteiger partial charge in [-0.2, -0.15) is 0 Å². The van der Waals surface area contributed by atoms with Crippen LogP contribution in [0.5, 0.6) is 5.75 Å². The van der Waals surface area contributed by atoms with Gasteiger partial charge in [-0.05, 0) is 24.3 Å². The Morgan fingerprint density at radius 1 is 1.18 bits per heavy atom. The van der Waals surface area contributed by atoms with Crippen LogP contribution in [-0.4, -0.2) is 48.6 Å². The summed E-state index contributed by atoms with van der Waals surface area (Å²) in [5.74, 6) is -2.82. The minimum absolute atomic E-state index is 0.00532. The van der Waals surface area contributed by atoms with Crippen molar-refractivity contribution in [1.29, 1.82) is 0 Å². The van der Waals surface area contributed by atoms with Crippen molar-refractivity contribution < 1.29 is 28.7 Å². The van der Waals surface area contributed by atoms with Crippen LogP contribution in [0.15, 0.2) is 35.5 Å². The van der Waals surface area contributed by atoms with Gasteiger partial charge in [0.2, 0.25) is 0 Å². The number of morpholine rings is 1. The summed E-state index contributed by atoms with van der Waals surface area (Å²) in [6.07, 6.45) is 0. The van der Waals surface area contributed by atoms with Gasteiger partial charge in [-0.15, -0.1) is 0 Å². The predicted molar refractivity (Wildman–Crippen MR) is 72.0 cm³/mol. The Kier molecular flexibility index (Phi) is 3.25. The van der Waals surface area contributed by atoms with Gasteiger partial charge in [-0.25, -0.2) is 4.79 Å². The molecule has 7 heteroatoms. The normalized spacial score (nSPS) is 17.5. The average molecular weight is 301 g/mol. The van der Waals surface area contributed by atoms with Gasteiger partial charge in [0.15, 0.2) is 5.78 Å². The molecular formula is C15H11NO6. The first-order valence-electron chi connectivity index (χ1n) is 6.51. The molecule has 2 aliphatic heterocycles. The lowest BCUT2D eigenvalue weighted by Gasteiger charge is -2.23. The van der Waals surface area contributed by atoms with Gasteiger partial charge in [-0.1, -0.05) is 0 Å². The predicted octanol–water partition coefficient (Wildman–Crippen LogP) is 0.100. The molecule has 0 spiro atoms. The van der Waals surface area contributed by atoms with Crippen molar-refractivity contribution in [1.82, 2.24) is 4.90 Å². The van der Waals surface area contributed by atoms with E-state index >= 15 is 0 Å². The number of methoxy groups -OCH3 is 1. The molecule has 2 aliphatic rings. The zero-order chi connectivity index (χ0) is 15.9. The molecule has 2 heterocycles. The van der Waals surface area contributed by atoms with Crippen molar-refractivity contribution in [3.63, 3.8) is 0 Å². The van der Waals surface area contributed by atoms with E-state index in [2.05, 4.69) is 0 Å². The van der Waals surface area contributed by atoms with Crippen molar-refractivity contribution in [3.05, 3.63) is 41.1 Å². The number of fused-ring (bicyclic) bond motifs is 1. The first kappa shape index (κ1) is 14.0. The third-order valence-corrected chi connectivity index (χ3v) is 3.49. The summed E-state index contributed by atoms with van der Waals surface area (Å²) in [5, 5.41) is 0. The molecule has 0 aromatic heterocycles. The van der Waals surface area contributed by atoms with Gasteiger partial charge in [-0.3, -0.25) is 19.3 Å². The third-order valence-electron chi connectivity index (χ3n) is 3.49. The molecular weight excluding hydrogens is 290 g/mol. The fourth-order valence-corrected chi connectivity index (χ4v) is 2.39. The summed E-state index contributed by atoms with van der Waals surface area (Å²) in [6, 6.07) is 6.03. The maximum Gasteiger partial charge on any atom is 0.356 e. The number of rotatable bonds is 3. The van der Waals surface area contributed by atoms with Crippen molar-refractivity contribution in [3.8, 4) is 5.75 Å². The summed E-state index contributed by atoms with van der Waals surface area (Å²) in [7, 11) is 1.48. The zero-order valence-electron chi connectivity index (χ0n) is 11.6. The zero-order valence-corrected chi connectivity index (χ0v) is 11.6. The molecule has 0 aliphatic carbocycles. The van der Waals surface area contributed by atoms with Gasteiger partial charge in [0.05, 0.1) is 13.7 Å². The van der Waals surface area contributed by atoms with E-state index in [4.69, 9.17) is 9.47 Å². The third kappa shape index (κ3) is 1.98. The number of ketones is 2. The van der Waals surface area contributed by atoms with E-state index < -0.39 is 29.0 Å². The Morgan fingerprint density at radius 2 is 1.86 bits per heavy atom. The van der Waals surface area contributed by atoms with E-state index in [1.807, 2.05) is 0 Å². The second-order valence-corrected chi connectivity index (χ2v) is 4.70. The molecule has 0 bridgehead atoms. The van der Waals surface area contributed by atoms with E-state index in [9.17, 15) is 19.2 Å². The van der Waals surface area contributed by atoms with Crippen LogP contribution in [0.2, 0.25) is 0 Å². The van der Waals surface area contributed by atoms with Gasteiger partial charge in [0.1, 0.15) is 23.6 Å².